The zero-order valence-electron chi connectivity index (χ0n) is 7.50. The summed E-state index contributed by atoms with van der Waals surface area (Å²) in [5.74, 6) is 0.834. The summed E-state index contributed by atoms with van der Waals surface area (Å²) in [6.07, 6.45) is 1.75. The SMILES string of the molecule is C=C(C)COc1cccnc1C. The lowest BCUT2D eigenvalue weighted by molar-refractivity contribution is 0.348. The van der Waals surface area contributed by atoms with E-state index >= 15 is 0 Å². The van der Waals surface area contributed by atoms with Gasteiger partial charge in [-0.3, -0.25) is 4.98 Å². The number of hydrogen-bond acceptors (Lipinski definition) is 2. The summed E-state index contributed by atoms with van der Waals surface area (Å²) < 4.78 is 5.44. The van der Waals surface area contributed by atoms with Crippen LogP contribution >= 0.6 is 0 Å². The van der Waals surface area contributed by atoms with Crippen molar-refractivity contribution in [3.05, 3.63) is 36.2 Å². The van der Waals surface area contributed by atoms with Crippen molar-refractivity contribution in [3.63, 3.8) is 0 Å². The lowest BCUT2D eigenvalue weighted by atomic mass is 10.3. The second-order valence-electron chi connectivity index (χ2n) is 2.83. The van der Waals surface area contributed by atoms with Gasteiger partial charge in [0, 0.05) is 6.20 Å². The van der Waals surface area contributed by atoms with Gasteiger partial charge in [-0.25, -0.2) is 0 Å². The zero-order chi connectivity index (χ0) is 8.97. The van der Waals surface area contributed by atoms with E-state index in [1.165, 1.54) is 0 Å². The second-order valence-corrected chi connectivity index (χ2v) is 2.83. The van der Waals surface area contributed by atoms with Gasteiger partial charge in [0.2, 0.25) is 0 Å². The van der Waals surface area contributed by atoms with E-state index in [9.17, 15) is 0 Å². The molecule has 0 atom stereocenters. The van der Waals surface area contributed by atoms with Crippen LogP contribution in [0.15, 0.2) is 30.5 Å². The predicted molar refractivity (Wildman–Crippen MR) is 49.3 cm³/mol. The number of pyridine rings is 1. The first kappa shape index (κ1) is 8.78. The number of aromatic nitrogens is 1. The first-order valence-corrected chi connectivity index (χ1v) is 3.89. The third-order valence-electron chi connectivity index (χ3n) is 1.43. The summed E-state index contributed by atoms with van der Waals surface area (Å²) in [4.78, 5) is 4.10. The molecule has 0 radical (unpaired) electrons. The molecule has 0 aromatic carbocycles. The van der Waals surface area contributed by atoms with E-state index < -0.39 is 0 Å². The van der Waals surface area contributed by atoms with Crippen molar-refractivity contribution in [2.75, 3.05) is 6.61 Å². The average Bonchev–Trinajstić information content (AvgIpc) is 2.03. The van der Waals surface area contributed by atoms with Crippen LogP contribution in [0.1, 0.15) is 12.6 Å². The fourth-order valence-electron chi connectivity index (χ4n) is 0.823. The standard InChI is InChI=1S/C10H13NO/c1-8(2)7-12-10-5-4-6-11-9(10)3/h4-6H,1,7H2,2-3H3. The minimum atomic E-state index is 0.562. The van der Waals surface area contributed by atoms with Crippen molar-refractivity contribution in [2.45, 2.75) is 13.8 Å². The predicted octanol–water partition coefficient (Wildman–Crippen LogP) is 2.34. The molecule has 0 amide bonds. The topological polar surface area (TPSA) is 22.1 Å². The Morgan fingerprint density at radius 3 is 3.00 bits per heavy atom. The highest BCUT2D eigenvalue weighted by molar-refractivity contribution is 5.25. The molecular weight excluding hydrogens is 150 g/mol. The highest BCUT2D eigenvalue weighted by Crippen LogP contribution is 2.13. The average molecular weight is 163 g/mol. The van der Waals surface area contributed by atoms with E-state index in [1.54, 1.807) is 6.20 Å². The maximum atomic E-state index is 5.44. The minimum absolute atomic E-state index is 0.562. The first-order chi connectivity index (χ1) is 5.70. The molecule has 2 heteroatoms. The van der Waals surface area contributed by atoms with Gasteiger partial charge in [-0.05, 0) is 31.6 Å². The fraction of sp³-hybridized carbons (Fsp3) is 0.300. The maximum Gasteiger partial charge on any atom is 0.140 e. The molecule has 0 aliphatic rings. The van der Waals surface area contributed by atoms with E-state index in [0.717, 1.165) is 17.0 Å². The van der Waals surface area contributed by atoms with Crippen LogP contribution in [0.4, 0.5) is 0 Å². The Morgan fingerprint density at radius 1 is 1.67 bits per heavy atom. The molecule has 0 saturated heterocycles. The van der Waals surface area contributed by atoms with Gasteiger partial charge in [-0.1, -0.05) is 6.58 Å². The van der Waals surface area contributed by atoms with Crippen LogP contribution in [-0.2, 0) is 0 Å². The Labute approximate surface area is 72.9 Å². The van der Waals surface area contributed by atoms with E-state index in [-0.39, 0.29) is 0 Å². The van der Waals surface area contributed by atoms with Crippen molar-refractivity contribution < 1.29 is 4.74 Å². The molecule has 0 bridgehead atoms. The van der Waals surface area contributed by atoms with E-state index in [4.69, 9.17) is 4.74 Å². The summed E-state index contributed by atoms with van der Waals surface area (Å²) in [5.41, 5.74) is 1.93. The van der Waals surface area contributed by atoms with Gasteiger partial charge < -0.3 is 4.74 Å². The number of ether oxygens (including phenoxy) is 1. The van der Waals surface area contributed by atoms with Crippen LogP contribution in [0.25, 0.3) is 0 Å². The molecular formula is C10H13NO. The van der Waals surface area contributed by atoms with Gasteiger partial charge in [0.25, 0.3) is 0 Å². The number of nitrogens with zero attached hydrogens (tertiary/aromatic N) is 1. The highest BCUT2D eigenvalue weighted by atomic mass is 16.5. The van der Waals surface area contributed by atoms with Crippen LogP contribution in [0, 0.1) is 6.92 Å². The van der Waals surface area contributed by atoms with Crippen LogP contribution in [0.3, 0.4) is 0 Å². The molecule has 1 heterocycles. The quantitative estimate of drug-likeness (QED) is 0.638. The smallest absolute Gasteiger partial charge is 0.140 e. The molecule has 2 nitrogen and oxygen atoms in total. The lowest BCUT2D eigenvalue weighted by Crippen LogP contribution is -1.99. The van der Waals surface area contributed by atoms with Crippen LogP contribution in [0.2, 0.25) is 0 Å². The summed E-state index contributed by atoms with van der Waals surface area (Å²) >= 11 is 0. The Hall–Kier alpha value is -1.31. The van der Waals surface area contributed by atoms with Crippen molar-refractivity contribution in [1.29, 1.82) is 0 Å². The molecule has 0 aliphatic heterocycles. The normalized spacial score (nSPS) is 9.50. The first-order valence-electron chi connectivity index (χ1n) is 3.89. The number of rotatable bonds is 3. The van der Waals surface area contributed by atoms with E-state index in [0.29, 0.717) is 6.61 Å². The van der Waals surface area contributed by atoms with Crippen molar-refractivity contribution in [1.82, 2.24) is 4.98 Å². The molecule has 0 spiro atoms. The Balaban J connectivity index is 2.63. The molecule has 64 valence electrons. The molecule has 1 rings (SSSR count). The molecule has 0 unspecified atom stereocenters. The van der Waals surface area contributed by atoms with Crippen molar-refractivity contribution in [3.8, 4) is 5.75 Å². The lowest BCUT2D eigenvalue weighted by Gasteiger charge is -2.06. The third kappa shape index (κ3) is 2.38. The molecule has 0 aliphatic carbocycles. The van der Waals surface area contributed by atoms with Gasteiger partial charge in [0.05, 0.1) is 5.69 Å². The summed E-state index contributed by atoms with van der Waals surface area (Å²) in [5, 5.41) is 0. The molecule has 1 aromatic heterocycles. The summed E-state index contributed by atoms with van der Waals surface area (Å²) in [7, 11) is 0. The number of hydrogen-bond donors (Lipinski definition) is 0. The maximum absolute atomic E-state index is 5.44. The Bertz CT molecular complexity index is 281. The van der Waals surface area contributed by atoms with Gasteiger partial charge in [0.15, 0.2) is 0 Å². The van der Waals surface area contributed by atoms with Crippen molar-refractivity contribution >= 4 is 0 Å². The van der Waals surface area contributed by atoms with Gasteiger partial charge in [-0.15, -0.1) is 0 Å². The van der Waals surface area contributed by atoms with Crippen LogP contribution < -0.4 is 4.74 Å². The zero-order valence-corrected chi connectivity index (χ0v) is 7.50. The molecule has 12 heavy (non-hydrogen) atoms. The largest absolute Gasteiger partial charge is 0.487 e. The van der Waals surface area contributed by atoms with E-state index in [1.807, 2.05) is 26.0 Å². The van der Waals surface area contributed by atoms with Gasteiger partial charge in [-0.2, -0.15) is 0 Å². The highest BCUT2D eigenvalue weighted by Gasteiger charge is 1.97. The monoisotopic (exact) mass is 163 g/mol. The molecule has 0 saturated carbocycles. The van der Waals surface area contributed by atoms with Gasteiger partial charge in [0.1, 0.15) is 12.4 Å². The van der Waals surface area contributed by atoms with E-state index in [2.05, 4.69) is 11.6 Å². The molecule has 0 N–H and O–H groups in total. The fourth-order valence-corrected chi connectivity index (χ4v) is 0.823. The summed E-state index contributed by atoms with van der Waals surface area (Å²) in [6.45, 7) is 8.18. The third-order valence-corrected chi connectivity index (χ3v) is 1.43. The van der Waals surface area contributed by atoms with Crippen molar-refractivity contribution in [2.24, 2.45) is 0 Å². The number of aryl methyl sites for hydroxylation is 1. The molecule has 0 fully saturated rings. The summed E-state index contributed by atoms with van der Waals surface area (Å²) in [6, 6.07) is 3.77. The van der Waals surface area contributed by atoms with Crippen LogP contribution in [-0.4, -0.2) is 11.6 Å². The van der Waals surface area contributed by atoms with Gasteiger partial charge >= 0.3 is 0 Å². The van der Waals surface area contributed by atoms with Crippen LogP contribution in [0.5, 0.6) is 5.75 Å². The minimum Gasteiger partial charge on any atom is -0.487 e. The second kappa shape index (κ2) is 3.90. The Morgan fingerprint density at radius 2 is 2.42 bits per heavy atom. The molecule has 1 aromatic rings. The Kier molecular flexibility index (Phi) is 2.86.